The van der Waals surface area contributed by atoms with E-state index in [0.29, 0.717) is 29.9 Å². The average molecular weight is 326 g/mol. The number of rotatable bonds is 4. The molecule has 2 heterocycles. The molecule has 122 valence electrons. The Morgan fingerprint density at radius 1 is 1.46 bits per heavy atom. The van der Waals surface area contributed by atoms with Crippen LogP contribution in [0.2, 0.25) is 0 Å². The second kappa shape index (κ2) is 6.14. The predicted octanol–water partition coefficient (Wildman–Crippen LogP) is 1.38. The van der Waals surface area contributed by atoms with Crippen LogP contribution >= 0.6 is 0 Å². The fraction of sp³-hybridized carbons (Fsp3) is 0.250. The van der Waals surface area contributed by atoms with Gasteiger partial charge in [-0.25, -0.2) is 9.78 Å². The first-order valence-corrected chi connectivity index (χ1v) is 7.16. The zero-order valence-corrected chi connectivity index (χ0v) is 12.8. The summed E-state index contributed by atoms with van der Waals surface area (Å²) in [4.78, 5) is 19.7. The van der Waals surface area contributed by atoms with Gasteiger partial charge in [0.15, 0.2) is 11.4 Å². The molecule has 1 saturated heterocycles. The van der Waals surface area contributed by atoms with E-state index in [0.717, 1.165) is 0 Å². The van der Waals surface area contributed by atoms with Crippen LogP contribution in [0.3, 0.4) is 0 Å². The van der Waals surface area contributed by atoms with Gasteiger partial charge in [0.1, 0.15) is 11.9 Å². The van der Waals surface area contributed by atoms with E-state index in [1.807, 2.05) is 0 Å². The molecule has 3 rings (SSSR count). The summed E-state index contributed by atoms with van der Waals surface area (Å²) in [5, 5.41) is 18.5. The number of nitrogen functional groups attached to an aromatic ring is 1. The smallest absolute Gasteiger partial charge is 0.345 e. The Labute approximate surface area is 137 Å². The number of benzene rings is 1. The molecule has 0 radical (unpaired) electrons. The number of aromatic carboxylic acids is 1. The van der Waals surface area contributed by atoms with Crippen LogP contribution in [0.4, 0.5) is 5.82 Å². The first-order valence-electron chi connectivity index (χ1n) is 7.16. The minimum Gasteiger partial charge on any atom is -0.477 e. The van der Waals surface area contributed by atoms with Crippen molar-refractivity contribution in [3.63, 3.8) is 0 Å². The molecule has 2 aromatic rings. The fourth-order valence-corrected chi connectivity index (χ4v) is 2.30. The van der Waals surface area contributed by atoms with E-state index in [1.165, 1.54) is 0 Å². The monoisotopic (exact) mass is 326 g/mol. The zero-order chi connectivity index (χ0) is 17.3. The van der Waals surface area contributed by atoms with Crippen LogP contribution in [0, 0.1) is 18.3 Å². The van der Waals surface area contributed by atoms with Crippen molar-refractivity contribution in [2.75, 3.05) is 18.9 Å². The summed E-state index contributed by atoms with van der Waals surface area (Å²) in [6.07, 6.45) is -0.267. The first kappa shape index (κ1) is 15.7. The first-order chi connectivity index (χ1) is 11.5. The minimum absolute atomic E-state index is 0.0972. The van der Waals surface area contributed by atoms with E-state index in [2.05, 4.69) is 16.0 Å². The molecule has 0 spiro atoms. The maximum atomic E-state index is 11.4. The molecule has 0 unspecified atom stereocenters. The molecule has 0 amide bonds. The quantitative estimate of drug-likeness (QED) is 0.861. The van der Waals surface area contributed by atoms with Crippen LogP contribution < -0.4 is 10.5 Å². The number of nitriles is 1. The molecule has 0 aliphatic carbocycles. The van der Waals surface area contributed by atoms with Crippen molar-refractivity contribution in [2.24, 2.45) is 0 Å². The summed E-state index contributed by atoms with van der Waals surface area (Å²) in [7, 11) is 0. The third-order valence-electron chi connectivity index (χ3n) is 3.70. The minimum atomic E-state index is -1.27. The second-order valence-corrected chi connectivity index (χ2v) is 5.29. The number of anilines is 1. The van der Waals surface area contributed by atoms with Crippen molar-refractivity contribution >= 4 is 11.8 Å². The van der Waals surface area contributed by atoms with E-state index in [-0.39, 0.29) is 29.2 Å². The van der Waals surface area contributed by atoms with Crippen LogP contribution in [0.25, 0.3) is 11.4 Å². The Kier molecular flexibility index (Phi) is 4.02. The van der Waals surface area contributed by atoms with Gasteiger partial charge in [-0.15, -0.1) is 0 Å². The molecule has 1 aliphatic rings. The molecule has 24 heavy (non-hydrogen) atoms. The lowest BCUT2D eigenvalue weighted by Gasteiger charge is -2.27. The summed E-state index contributed by atoms with van der Waals surface area (Å²) in [5.74, 6) is -1.34. The standard InChI is InChI=1S/C16H14N4O4/c1-8-9(5-17)3-2-4-11(8)14-19-13(18)12(16(21)22)15(20-14)24-10-6-23-7-10/h2-4,10H,6-7H2,1H3,(H,21,22)(H2,18,19,20). The molecule has 1 aromatic heterocycles. The van der Waals surface area contributed by atoms with E-state index in [1.54, 1.807) is 25.1 Å². The van der Waals surface area contributed by atoms with Crippen LogP contribution in [0.15, 0.2) is 18.2 Å². The van der Waals surface area contributed by atoms with Gasteiger partial charge >= 0.3 is 5.97 Å². The highest BCUT2D eigenvalue weighted by Gasteiger charge is 2.27. The van der Waals surface area contributed by atoms with Crippen molar-refractivity contribution < 1.29 is 19.4 Å². The Morgan fingerprint density at radius 3 is 2.79 bits per heavy atom. The van der Waals surface area contributed by atoms with Gasteiger partial charge in [-0.3, -0.25) is 0 Å². The molecule has 0 atom stereocenters. The van der Waals surface area contributed by atoms with Crippen molar-refractivity contribution in [3.8, 4) is 23.3 Å². The Balaban J connectivity index is 2.13. The molecule has 1 fully saturated rings. The van der Waals surface area contributed by atoms with Gasteiger partial charge in [0.25, 0.3) is 0 Å². The lowest BCUT2D eigenvalue weighted by molar-refractivity contribution is -0.0815. The molecular weight excluding hydrogens is 312 g/mol. The number of carbonyl (C=O) groups is 1. The average Bonchev–Trinajstić information content (AvgIpc) is 2.50. The van der Waals surface area contributed by atoms with Crippen LogP contribution in [-0.4, -0.2) is 40.4 Å². The van der Waals surface area contributed by atoms with Gasteiger partial charge in [-0.1, -0.05) is 12.1 Å². The van der Waals surface area contributed by atoms with E-state index >= 15 is 0 Å². The number of carboxylic acids is 1. The lowest BCUT2D eigenvalue weighted by Crippen LogP contribution is -2.39. The molecule has 1 aromatic carbocycles. The van der Waals surface area contributed by atoms with Crippen molar-refractivity contribution in [2.45, 2.75) is 13.0 Å². The number of hydrogen-bond acceptors (Lipinski definition) is 7. The van der Waals surface area contributed by atoms with E-state index in [4.69, 9.17) is 20.5 Å². The van der Waals surface area contributed by atoms with Gasteiger partial charge in [-0.2, -0.15) is 10.2 Å². The van der Waals surface area contributed by atoms with Gasteiger partial charge in [-0.05, 0) is 18.6 Å². The molecule has 8 heteroatoms. The highest BCUT2D eigenvalue weighted by atomic mass is 16.6. The van der Waals surface area contributed by atoms with Gasteiger partial charge in [0, 0.05) is 5.56 Å². The van der Waals surface area contributed by atoms with E-state index in [9.17, 15) is 9.90 Å². The number of hydrogen-bond donors (Lipinski definition) is 2. The van der Waals surface area contributed by atoms with Crippen molar-refractivity contribution in [3.05, 3.63) is 34.9 Å². The molecule has 3 N–H and O–H groups in total. The second-order valence-electron chi connectivity index (χ2n) is 5.29. The summed E-state index contributed by atoms with van der Waals surface area (Å²) in [5.41, 5.74) is 7.28. The summed E-state index contributed by atoms with van der Waals surface area (Å²) in [6.45, 7) is 2.49. The fourth-order valence-electron chi connectivity index (χ4n) is 2.30. The molecular formula is C16H14N4O4. The predicted molar refractivity (Wildman–Crippen MR) is 83.5 cm³/mol. The number of nitrogens with two attached hydrogens (primary N) is 1. The summed E-state index contributed by atoms with van der Waals surface area (Å²) >= 11 is 0. The maximum Gasteiger partial charge on any atom is 0.345 e. The number of aromatic nitrogens is 2. The Hall–Kier alpha value is -3.18. The molecule has 1 aliphatic heterocycles. The maximum absolute atomic E-state index is 11.4. The summed E-state index contributed by atoms with van der Waals surface area (Å²) < 4.78 is 10.6. The van der Waals surface area contributed by atoms with Gasteiger partial charge < -0.3 is 20.3 Å². The molecule has 0 bridgehead atoms. The normalized spacial score (nSPS) is 13.8. The summed E-state index contributed by atoms with van der Waals surface area (Å²) in [6, 6.07) is 7.20. The van der Waals surface area contributed by atoms with Crippen molar-refractivity contribution in [1.29, 1.82) is 5.26 Å². The van der Waals surface area contributed by atoms with Crippen LogP contribution in [0.5, 0.6) is 5.88 Å². The SMILES string of the molecule is Cc1c(C#N)cccc1-c1nc(N)c(C(=O)O)c(OC2COC2)n1. The highest BCUT2D eigenvalue weighted by molar-refractivity contribution is 5.95. The lowest BCUT2D eigenvalue weighted by atomic mass is 10.0. The third-order valence-corrected chi connectivity index (χ3v) is 3.70. The van der Waals surface area contributed by atoms with Crippen LogP contribution in [-0.2, 0) is 4.74 Å². The number of carboxylic acid groups (broad SMARTS) is 1. The Morgan fingerprint density at radius 2 is 2.21 bits per heavy atom. The zero-order valence-electron chi connectivity index (χ0n) is 12.8. The number of nitrogens with zero attached hydrogens (tertiary/aromatic N) is 3. The molecule has 8 nitrogen and oxygen atoms in total. The van der Waals surface area contributed by atoms with Gasteiger partial charge in [0.05, 0.1) is 24.8 Å². The largest absolute Gasteiger partial charge is 0.477 e. The van der Waals surface area contributed by atoms with Gasteiger partial charge in [0.2, 0.25) is 5.88 Å². The van der Waals surface area contributed by atoms with Crippen molar-refractivity contribution in [1.82, 2.24) is 9.97 Å². The third kappa shape index (κ3) is 2.73. The van der Waals surface area contributed by atoms with E-state index < -0.39 is 5.97 Å². The Bertz CT molecular complexity index is 856. The highest BCUT2D eigenvalue weighted by Crippen LogP contribution is 2.29. The topological polar surface area (TPSA) is 131 Å². The number of ether oxygens (including phenoxy) is 2. The molecule has 0 saturated carbocycles. The van der Waals surface area contributed by atoms with Crippen LogP contribution in [0.1, 0.15) is 21.5 Å².